The second-order valence-electron chi connectivity index (χ2n) is 26.0. The summed E-state index contributed by atoms with van der Waals surface area (Å²) < 4.78 is 11.8. The number of nitrogens with one attached hydrogen (secondary N) is 7. The van der Waals surface area contributed by atoms with Crippen LogP contribution in [0.3, 0.4) is 0 Å². The van der Waals surface area contributed by atoms with Crippen LogP contribution in [0.15, 0.2) is 206 Å². The van der Waals surface area contributed by atoms with Crippen molar-refractivity contribution in [3.8, 4) is 17.2 Å². The summed E-state index contributed by atoms with van der Waals surface area (Å²) in [7, 11) is 0. The van der Waals surface area contributed by atoms with Gasteiger partial charge in [-0.3, -0.25) is 28.8 Å². The number of nitrogens with two attached hydrogens (primary N) is 2. The first-order chi connectivity index (χ1) is 51.3. The number of carbonyl (C=O) groups is 9. The predicted octanol–water partition coefficient (Wildman–Crippen LogP) is 7.76. The Labute approximate surface area is 609 Å². The molecule has 7 amide bonds. The Morgan fingerprint density at radius 3 is 1.63 bits per heavy atom. The number of aromatic hydroxyl groups is 2. The number of phenols is 2. The summed E-state index contributed by atoms with van der Waals surface area (Å²) in [6.45, 7) is 0.617. The van der Waals surface area contributed by atoms with E-state index in [9.17, 15) is 54.0 Å². The first kappa shape index (κ1) is 74.6. The molecule has 10 aromatic rings. The minimum Gasteiger partial charge on any atom is -0.507 e. The van der Waals surface area contributed by atoms with E-state index in [0.717, 1.165) is 16.5 Å². The van der Waals surface area contributed by atoms with E-state index < -0.39 is 107 Å². The molecule has 2 aliphatic rings. The number of carboxylic acids is 2. The molecule has 0 radical (unpaired) electrons. The number of alkyl carbamates (subject to hydrolysis) is 1. The Kier molecular flexibility index (Phi) is 24.7. The minimum atomic E-state index is -1.42. The maximum absolute atomic E-state index is 15.3. The maximum Gasteiger partial charge on any atom is 0.407 e. The van der Waals surface area contributed by atoms with Crippen LogP contribution >= 0.6 is 0 Å². The highest BCUT2D eigenvalue weighted by molar-refractivity contribution is 6.03. The van der Waals surface area contributed by atoms with Crippen molar-refractivity contribution in [2.24, 2.45) is 11.5 Å². The molecule has 3 heterocycles. The van der Waals surface area contributed by atoms with E-state index in [2.05, 4.69) is 36.9 Å². The van der Waals surface area contributed by atoms with E-state index in [1.165, 1.54) is 17.0 Å². The normalized spacial score (nSPS) is 18.7. The molecule has 546 valence electrons. The molecule has 106 heavy (non-hydrogen) atoms. The van der Waals surface area contributed by atoms with Gasteiger partial charge in [-0.2, -0.15) is 0 Å². The zero-order valence-corrected chi connectivity index (χ0v) is 57.7. The highest BCUT2D eigenvalue weighted by atomic mass is 16.6. The van der Waals surface area contributed by atoms with E-state index in [0.29, 0.717) is 86.7 Å². The van der Waals surface area contributed by atoms with Crippen molar-refractivity contribution in [1.82, 2.24) is 41.8 Å². The quantitative estimate of drug-likeness (QED) is 0.0306. The summed E-state index contributed by atoms with van der Waals surface area (Å²) in [6.07, 6.45) is 0.611. The van der Waals surface area contributed by atoms with Gasteiger partial charge in [0.2, 0.25) is 35.4 Å². The van der Waals surface area contributed by atoms with E-state index in [4.69, 9.17) is 20.9 Å². The molecule has 0 saturated carbocycles. The molecule has 12 rings (SSSR count). The second-order valence-corrected chi connectivity index (χ2v) is 26.0. The number of aromatic carboxylic acids is 2. The summed E-state index contributed by atoms with van der Waals surface area (Å²) in [5.74, 6) is -7.12. The topological polar surface area (TPSA) is 396 Å². The molecule has 2 fully saturated rings. The number of ether oxygens (including phenoxy) is 2. The number of para-hydroxylation sites is 1. The number of nitrogens with zero attached hydrogens (tertiary/aromatic N) is 1. The number of hydrogen-bond acceptors (Lipinski definition) is 15. The summed E-state index contributed by atoms with van der Waals surface area (Å²) in [5.41, 5.74) is 15.8. The predicted molar refractivity (Wildman–Crippen MR) is 396 cm³/mol. The third-order valence-corrected chi connectivity index (χ3v) is 18.7. The molecule has 1 aromatic heterocycles. The maximum atomic E-state index is 15.3. The molecule has 0 bridgehead atoms. The Hall–Kier alpha value is -12.6. The fourth-order valence-corrected chi connectivity index (χ4v) is 13.3. The van der Waals surface area contributed by atoms with Gasteiger partial charge in [0.05, 0.1) is 6.54 Å². The number of aromatic nitrogens is 1. The largest absolute Gasteiger partial charge is 0.507 e. The zero-order chi connectivity index (χ0) is 74.8. The highest BCUT2D eigenvalue weighted by Gasteiger charge is 2.46. The fraction of sp³-hybridized carbons (Fsp3) is 0.247. The van der Waals surface area contributed by atoms with Crippen molar-refractivity contribution in [3.05, 3.63) is 256 Å². The van der Waals surface area contributed by atoms with E-state index in [-0.39, 0.29) is 69.3 Å². The Balaban J connectivity index is 0.000000320. The smallest absolute Gasteiger partial charge is 0.407 e. The van der Waals surface area contributed by atoms with Crippen molar-refractivity contribution < 1.29 is 73.1 Å². The van der Waals surface area contributed by atoms with Gasteiger partial charge >= 0.3 is 18.0 Å². The lowest BCUT2D eigenvalue weighted by Crippen LogP contribution is -2.61. The second kappa shape index (κ2) is 35.0. The Morgan fingerprint density at radius 2 is 1.03 bits per heavy atom. The lowest BCUT2D eigenvalue weighted by molar-refractivity contribution is -0.143. The number of rotatable bonds is 21. The van der Waals surface area contributed by atoms with Crippen molar-refractivity contribution >= 4 is 85.9 Å². The van der Waals surface area contributed by atoms with Gasteiger partial charge in [0.15, 0.2) is 0 Å². The van der Waals surface area contributed by atoms with Crippen LogP contribution < -0.4 is 48.1 Å². The first-order valence-corrected chi connectivity index (χ1v) is 34.8. The number of amides is 7. The third-order valence-electron chi connectivity index (χ3n) is 18.7. The summed E-state index contributed by atoms with van der Waals surface area (Å²) >= 11 is 0. The monoisotopic (exact) mass is 1430 g/mol. The zero-order valence-electron chi connectivity index (χ0n) is 57.7. The Morgan fingerprint density at radius 1 is 0.519 bits per heavy atom. The van der Waals surface area contributed by atoms with Crippen LogP contribution in [0.2, 0.25) is 0 Å². The van der Waals surface area contributed by atoms with Gasteiger partial charge in [-0.05, 0) is 106 Å². The van der Waals surface area contributed by atoms with Gasteiger partial charge in [0.25, 0.3) is 0 Å². The molecule has 2 aliphatic heterocycles. The molecule has 9 aromatic carbocycles. The van der Waals surface area contributed by atoms with Crippen LogP contribution in [-0.4, -0.2) is 146 Å². The first-order valence-electron chi connectivity index (χ1n) is 34.8. The number of unbranched alkanes of at least 4 members (excludes halogenated alkanes) is 1. The highest BCUT2D eigenvalue weighted by Crippen LogP contribution is 2.39. The third kappa shape index (κ3) is 18.4. The number of H-pyrrole nitrogens is 1. The van der Waals surface area contributed by atoms with Crippen LogP contribution in [0.25, 0.3) is 32.4 Å². The minimum absolute atomic E-state index is 0.0385. The standard InChI is InChI=1S/C58H66N10O9.C23H16O6/c59-27-13-12-22-46-52(69)64-47(30-38-23-25-42(26-24-38)76-36-39-16-6-2-7-17-39)53(70)66-49(31-37-14-4-1-5-15-37)57(74)68-35-43(77-58(75)61-29-28-60)33-50(68)55(72)67-51(40-18-8-3-9-19-40)56(73)65-48(54(71)63-46)32-41-34-62-45-21-11-10-20-44(41)45;24-20-16(14-7-3-1-5-12(14)9-18(20)22(26)27)11-17-15-8-4-2-6-13(15)10-19(21(17)25)23(28)29/h1-11,14-21,23-26,34,43,46-51,62H,12-13,22,27-33,35-36,59-60H2,(H,61,75)(H,63,71)(H,64,69)(H,65,73)(H,66,70)(H,67,72);1-10,24-25H,11H2,(H,26,27)(H,28,29)/t43-,46-,47-,48-,49-,50?,51-;/m0./s1. The van der Waals surface area contributed by atoms with Crippen LogP contribution in [0.1, 0.15) is 91.4 Å². The number of aromatic amines is 1. The molecule has 25 nitrogen and oxygen atoms in total. The van der Waals surface area contributed by atoms with Gasteiger partial charge in [-0.15, -0.1) is 0 Å². The van der Waals surface area contributed by atoms with Gasteiger partial charge in [-0.1, -0.05) is 170 Å². The summed E-state index contributed by atoms with van der Waals surface area (Å²) in [4.78, 5) is 131. The number of benzene rings is 9. The van der Waals surface area contributed by atoms with Gasteiger partial charge in [0.1, 0.15) is 77.3 Å². The van der Waals surface area contributed by atoms with E-state index in [1.807, 2.05) is 60.7 Å². The van der Waals surface area contributed by atoms with Gasteiger partial charge in [-0.25, -0.2) is 14.4 Å². The van der Waals surface area contributed by atoms with Crippen LogP contribution in [-0.2, 0) is 65.8 Å². The molecule has 0 aliphatic carbocycles. The van der Waals surface area contributed by atoms with Crippen LogP contribution in [0, 0.1) is 0 Å². The Bertz CT molecular complexity index is 4730. The van der Waals surface area contributed by atoms with Crippen molar-refractivity contribution in [3.63, 3.8) is 0 Å². The number of carbonyl (C=O) groups excluding carboxylic acids is 7. The SMILES string of the molecule is NCCCC[C@@H]1NC(=O)[C@H](Cc2c[nH]c3ccccc23)NC(=O)[C@H](c2ccccc2)NC(=O)C2C[C@H](OC(=O)NCCN)CN2C(=O)[C@H](Cc2ccccc2)NC(=O)[C@H](Cc2ccc(OCc3ccccc3)cc2)NC1=O.O=C(O)c1cc2ccccc2c(Cc2c(O)c(C(=O)O)cc3ccccc23)c1O. The van der Waals surface area contributed by atoms with Crippen LogP contribution in [0.4, 0.5) is 4.79 Å². The lowest BCUT2D eigenvalue weighted by Gasteiger charge is -2.32. The fourth-order valence-electron chi connectivity index (χ4n) is 13.3. The molecule has 2 saturated heterocycles. The molecule has 1 unspecified atom stereocenters. The molecule has 7 atom stereocenters. The van der Waals surface area contributed by atoms with Crippen molar-refractivity contribution in [2.45, 2.75) is 100 Å². The molecular weight excluding hydrogens is 1350 g/mol. The molecular formula is C81H82N10O15. The van der Waals surface area contributed by atoms with Crippen molar-refractivity contribution in [1.29, 1.82) is 0 Å². The molecule has 0 spiro atoms. The summed E-state index contributed by atoms with van der Waals surface area (Å²) in [5, 5.41) is 60.7. The summed E-state index contributed by atoms with van der Waals surface area (Å²) in [6, 6.07) is 50.4. The van der Waals surface area contributed by atoms with Crippen molar-refractivity contribution in [2.75, 3.05) is 26.2 Å². The average Bonchev–Trinajstić information content (AvgIpc) is 0.965. The van der Waals surface area contributed by atoms with Gasteiger partial charge < -0.3 is 83.2 Å². The number of hydrogen-bond donors (Lipinski definition) is 13. The van der Waals surface area contributed by atoms with E-state index in [1.54, 1.807) is 134 Å². The molecule has 15 N–H and O–H groups in total. The number of fused-ring (bicyclic) bond motifs is 4. The lowest BCUT2D eigenvalue weighted by atomic mass is 9.90. The average molecular weight is 1440 g/mol. The van der Waals surface area contributed by atoms with Gasteiger partial charge in [0, 0.05) is 73.4 Å². The van der Waals surface area contributed by atoms with E-state index >= 15 is 9.59 Å². The molecule has 25 heteroatoms. The number of carboxylic acid groups (broad SMARTS) is 2. The van der Waals surface area contributed by atoms with Crippen LogP contribution in [0.5, 0.6) is 17.2 Å².